The molecule has 0 bridgehead atoms. The van der Waals surface area contributed by atoms with E-state index in [0.29, 0.717) is 11.2 Å². The SMILES string of the molecule is O=C(Nc1cccc(CN2CCOCC2)n1)C1CC12CCCC2. The van der Waals surface area contributed by atoms with Gasteiger partial charge in [-0.3, -0.25) is 9.69 Å². The average Bonchev–Trinajstić information content (AvgIpc) is 3.06. The van der Waals surface area contributed by atoms with Gasteiger partial charge in [0.25, 0.3) is 0 Å². The third kappa shape index (κ3) is 3.26. The number of carbonyl (C=O) groups is 1. The number of rotatable bonds is 4. The van der Waals surface area contributed by atoms with E-state index in [0.717, 1.165) is 45.0 Å². The van der Waals surface area contributed by atoms with E-state index in [1.807, 2.05) is 18.2 Å². The molecule has 0 aromatic carbocycles. The Balaban J connectivity index is 1.35. The van der Waals surface area contributed by atoms with Crippen molar-refractivity contribution in [3.63, 3.8) is 0 Å². The fourth-order valence-corrected chi connectivity index (χ4v) is 4.19. The summed E-state index contributed by atoms with van der Waals surface area (Å²) in [7, 11) is 0. The predicted octanol–water partition coefficient (Wildman–Crippen LogP) is 2.43. The average molecular weight is 315 g/mol. The maximum atomic E-state index is 12.5. The third-order valence-electron chi connectivity index (χ3n) is 5.65. The summed E-state index contributed by atoms with van der Waals surface area (Å²) in [6.45, 7) is 4.30. The zero-order valence-electron chi connectivity index (χ0n) is 13.6. The number of anilines is 1. The monoisotopic (exact) mass is 315 g/mol. The Kier molecular flexibility index (Phi) is 4.07. The zero-order valence-corrected chi connectivity index (χ0v) is 13.6. The lowest BCUT2D eigenvalue weighted by atomic mass is 10.0. The van der Waals surface area contributed by atoms with Gasteiger partial charge < -0.3 is 10.1 Å². The van der Waals surface area contributed by atoms with Gasteiger partial charge in [-0.2, -0.15) is 0 Å². The van der Waals surface area contributed by atoms with Gasteiger partial charge in [-0.1, -0.05) is 18.9 Å². The number of morpholine rings is 1. The molecule has 23 heavy (non-hydrogen) atoms. The topological polar surface area (TPSA) is 54.5 Å². The van der Waals surface area contributed by atoms with Gasteiger partial charge >= 0.3 is 0 Å². The summed E-state index contributed by atoms with van der Waals surface area (Å²) < 4.78 is 5.37. The van der Waals surface area contributed by atoms with Gasteiger partial charge in [-0.25, -0.2) is 4.98 Å². The van der Waals surface area contributed by atoms with E-state index in [4.69, 9.17) is 4.74 Å². The van der Waals surface area contributed by atoms with Crippen LogP contribution in [-0.4, -0.2) is 42.1 Å². The smallest absolute Gasteiger partial charge is 0.229 e. The zero-order chi connectivity index (χ0) is 15.7. The molecule has 1 amide bonds. The van der Waals surface area contributed by atoms with Crippen LogP contribution in [0.3, 0.4) is 0 Å². The first-order chi connectivity index (χ1) is 11.3. The summed E-state index contributed by atoms with van der Waals surface area (Å²) in [6, 6.07) is 5.90. The Morgan fingerprint density at radius 1 is 1.30 bits per heavy atom. The van der Waals surface area contributed by atoms with Crippen molar-refractivity contribution >= 4 is 11.7 Å². The van der Waals surface area contributed by atoms with E-state index >= 15 is 0 Å². The van der Waals surface area contributed by atoms with Gasteiger partial charge in [0.1, 0.15) is 5.82 Å². The molecule has 1 aromatic heterocycles. The maximum absolute atomic E-state index is 12.5. The van der Waals surface area contributed by atoms with Gasteiger partial charge in [0, 0.05) is 25.6 Å². The van der Waals surface area contributed by atoms with E-state index in [1.165, 1.54) is 25.7 Å². The van der Waals surface area contributed by atoms with Crippen LogP contribution in [0.5, 0.6) is 0 Å². The summed E-state index contributed by atoms with van der Waals surface area (Å²) in [5.74, 6) is 1.08. The second kappa shape index (κ2) is 6.21. The van der Waals surface area contributed by atoms with Gasteiger partial charge in [0.2, 0.25) is 5.91 Å². The van der Waals surface area contributed by atoms with E-state index < -0.39 is 0 Å². The number of carbonyl (C=O) groups excluding carboxylic acids is 1. The molecule has 3 fully saturated rings. The summed E-state index contributed by atoms with van der Waals surface area (Å²) in [6.07, 6.45) is 6.12. The van der Waals surface area contributed by atoms with Crippen molar-refractivity contribution in [2.24, 2.45) is 11.3 Å². The van der Waals surface area contributed by atoms with Crippen LogP contribution in [0.4, 0.5) is 5.82 Å². The Morgan fingerprint density at radius 2 is 2.09 bits per heavy atom. The number of aromatic nitrogens is 1. The summed E-state index contributed by atoms with van der Waals surface area (Å²) >= 11 is 0. The summed E-state index contributed by atoms with van der Waals surface area (Å²) in [5, 5.41) is 3.04. The highest BCUT2D eigenvalue weighted by molar-refractivity contribution is 5.94. The largest absolute Gasteiger partial charge is 0.379 e. The molecule has 2 saturated carbocycles. The third-order valence-corrected chi connectivity index (χ3v) is 5.65. The van der Waals surface area contributed by atoms with Gasteiger partial charge in [-0.15, -0.1) is 0 Å². The van der Waals surface area contributed by atoms with Gasteiger partial charge in [0.05, 0.1) is 18.9 Å². The van der Waals surface area contributed by atoms with Gasteiger partial charge in [-0.05, 0) is 36.8 Å². The van der Waals surface area contributed by atoms with Crippen LogP contribution in [0.2, 0.25) is 0 Å². The first-order valence-electron chi connectivity index (χ1n) is 8.82. The highest BCUT2D eigenvalue weighted by atomic mass is 16.5. The minimum Gasteiger partial charge on any atom is -0.379 e. The summed E-state index contributed by atoms with van der Waals surface area (Å²) in [4.78, 5) is 19.4. The molecule has 1 atom stereocenters. The Bertz CT molecular complexity index is 577. The van der Waals surface area contributed by atoms with Crippen molar-refractivity contribution in [1.29, 1.82) is 0 Å². The number of hydrogen-bond acceptors (Lipinski definition) is 4. The molecule has 0 radical (unpaired) electrons. The minimum absolute atomic E-state index is 0.169. The number of nitrogens with zero attached hydrogens (tertiary/aromatic N) is 2. The Morgan fingerprint density at radius 3 is 2.87 bits per heavy atom. The van der Waals surface area contributed by atoms with Crippen LogP contribution in [0.1, 0.15) is 37.8 Å². The molecular weight excluding hydrogens is 290 g/mol. The van der Waals surface area contributed by atoms with E-state index in [2.05, 4.69) is 15.2 Å². The van der Waals surface area contributed by atoms with Crippen molar-refractivity contribution in [2.75, 3.05) is 31.6 Å². The van der Waals surface area contributed by atoms with Crippen molar-refractivity contribution < 1.29 is 9.53 Å². The van der Waals surface area contributed by atoms with Crippen LogP contribution in [0, 0.1) is 11.3 Å². The van der Waals surface area contributed by atoms with Crippen LogP contribution in [-0.2, 0) is 16.1 Å². The summed E-state index contributed by atoms with van der Waals surface area (Å²) in [5.41, 5.74) is 1.35. The molecule has 1 unspecified atom stereocenters. The molecule has 1 spiro atoms. The lowest BCUT2D eigenvalue weighted by Gasteiger charge is -2.26. The van der Waals surface area contributed by atoms with Crippen LogP contribution >= 0.6 is 0 Å². The van der Waals surface area contributed by atoms with Crippen molar-refractivity contribution in [3.8, 4) is 0 Å². The standard InChI is InChI=1S/C18H25N3O2/c22-17(15-12-18(15)6-1-2-7-18)20-16-5-3-4-14(19-16)13-21-8-10-23-11-9-21/h3-5,15H,1-2,6-13H2,(H,19,20,22). The molecule has 1 aliphatic heterocycles. The van der Waals surface area contributed by atoms with Gasteiger partial charge in [0.15, 0.2) is 0 Å². The Labute approximate surface area is 137 Å². The van der Waals surface area contributed by atoms with Crippen LogP contribution < -0.4 is 5.32 Å². The molecular formula is C18H25N3O2. The quantitative estimate of drug-likeness (QED) is 0.927. The first-order valence-corrected chi connectivity index (χ1v) is 8.82. The lowest BCUT2D eigenvalue weighted by molar-refractivity contribution is -0.118. The second-order valence-electron chi connectivity index (χ2n) is 7.22. The van der Waals surface area contributed by atoms with Crippen molar-refractivity contribution in [1.82, 2.24) is 9.88 Å². The fraction of sp³-hybridized carbons (Fsp3) is 0.667. The minimum atomic E-state index is 0.169. The molecule has 1 aromatic rings. The highest BCUT2D eigenvalue weighted by Crippen LogP contribution is 2.62. The molecule has 4 rings (SSSR count). The molecule has 5 heteroatoms. The highest BCUT2D eigenvalue weighted by Gasteiger charge is 2.58. The molecule has 2 aliphatic carbocycles. The van der Waals surface area contributed by atoms with E-state index in [1.54, 1.807) is 0 Å². The number of nitrogens with one attached hydrogen (secondary N) is 1. The predicted molar refractivity (Wildman–Crippen MR) is 88.0 cm³/mol. The molecule has 3 aliphatic rings. The molecule has 2 heterocycles. The van der Waals surface area contributed by atoms with Crippen LogP contribution in [0.15, 0.2) is 18.2 Å². The number of pyridine rings is 1. The van der Waals surface area contributed by atoms with E-state index in [-0.39, 0.29) is 11.8 Å². The Hall–Kier alpha value is -1.46. The molecule has 1 saturated heterocycles. The molecule has 1 N–H and O–H groups in total. The van der Waals surface area contributed by atoms with Crippen molar-refractivity contribution in [3.05, 3.63) is 23.9 Å². The van der Waals surface area contributed by atoms with E-state index in [9.17, 15) is 4.79 Å². The molecule has 124 valence electrons. The maximum Gasteiger partial charge on any atom is 0.229 e. The first kappa shape index (κ1) is 15.1. The number of hydrogen-bond donors (Lipinski definition) is 1. The molecule has 5 nitrogen and oxygen atoms in total. The number of ether oxygens (including phenoxy) is 1. The lowest BCUT2D eigenvalue weighted by Crippen LogP contribution is -2.35. The fourth-order valence-electron chi connectivity index (χ4n) is 4.19. The number of amides is 1. The second-order valence-corrected chi connectivity index (χ2v) is 7.22. The van der Waals surface area contributed by atoms with Crippen LogP contribution in [0.25, 0.3) is 0 Å². The normalized spacial score (nSPS) is 26.3. The van der Waals surface area contributed by atoms with Crippen molar-refractivity contribution in [2.45, 2.75) is 38.6 Å².